The summed E-state index contributed by atoms with van der Waals surface area (Å²) in [4.78, 5) is 2.35. The van der Waals surface area contributed by atoms with Gasteiger partial charge in [-0.25, -0.2) is 9.48 Å². The zero-order chi connectivity index (χ0) is 21.8. The van der Waals surface area contributed by atoms with E-state index in [-0.39, 0.29) is 24.5 Å². The minimum atomic E-state index is 0. The van der Waals surface area contributed by atoms with E-state index in [0.29, 0.717) is 0 Å². The number of hydrogen-bond acceptors (Lipinski definition) is 1. The summed E-state index contributed by atoms with van der Waals surface area (Å²) in [7, 11) is 0. The van der Waals surface area contributed by atoms with Crippen molar-refractivity contribution in [1.29, 1.82) is 0 Å². The van der Waals surface area contributed by atoms with Crippen LogP contribution in [-0.4, -0.2) is 14.8 Å². The van der Waals surface area contributed by atoms with Crippen LogP contribution in [0.15, 0.2) is 121 Å². The van der Waals surface area contributed by atoms with Crippen LogP contribution < -0.4 is 12.4 Å². The van der Waals surface area contributed by atoms with Crippen LogP contribution in [0.25, 0.3) is 0 Å². The lowest BCUT2D eigenvalue weighted by molar-refractivity contribution is -0.580. The third kappa shape index (κ3) is 4.98. The molecule has 0 aliphatic carbocycles. The highest BCUT2D eigenvalue weighted by molar-refractivity contribution is 6.63. The van der Waals surface area contributed by atoms with Gasteiger partial charge in [0.25, 0.3) is 0 Å². The van der Waals surface area contributed by atoms with Gasteiger partial charge in [0.15, 0.2) is 12.1 Å². The van der Waals surface area contributed by atoms with Crippen molar-refractivity contribution in [3.8, 4) is 0 Å². The Labute approximate surface area is 207 Å². The summed E-state index contributed by atoms with van der Waals surface area (Å²) < 4.78 is 2.35. The van der Waals surface area contributed by atoms with Crippen LogP contribution in [0.4, 0.5) is 0 Å². The van der Waals surface area contributed by atoms with Gasteiger partial charge in [0, 0.05) is 22.7 Å². The minimum absolute atomic E-state index is 0. The van der Waals surface area contributed by atoms with Gasteiger partial charge in [0.2, 0.25) is 0 Å². The molecular weight excluding hydrogens is 447 g/mol. The van der Waals surface area contributed by atoms with Gasteiger partial charge in [-0.1, -0.05) is 121 Å². The van der Waals surface area contributed by atoms with E-state index in [1.165, 1.54) is 22.3 Å². The molecule has 0 radical (unpaired) electrons. The zero-order valence-corrected chi connectivity index (χ0v) is 19.8. The molecular formula is C29H26Cl2N2. The second-order valence-electron chi connectivity index (χ2n) is 8.21. The van der Waals surface area contributed by atoms with E-state index in [0.717, 1.165) is 18.4 Å². The molecule has 1 heterocycles. The predicted molar refractivity (Wildman–Crippen MR) is 132 cm³/mol. The number of rotatable bonds is 6. The summed E-state index contributed by atoms with van der Waals surface area (Å²) in [5, 5.41) is 0.792. The van der Waals surface area contributed by atoms with Crippen molar-refractivity contribution >= 4 is 16.9 Å². The lowest BCUT2D eigenvalue weighted by Gasteiger charge is -2.24. The van der Waals surface area contributed by atoms with Gasteiger partial charge in [-0.2, -0.15) is 0 Å². The number of hydrogen-bond donors (Lipinski definition) is 0. The Kier molecular flexibility index (Phi) is 7.49. The van der Waals surface area contributed by atoms with E-state index in [2.05, 4.69) is 131 Å². The zero-order valence-electron chi connectivity index (χ0n) is 18.3. The molecule has 2 atom stereocenters. The Morgan fingerprint density at radius 3 is 1.61 bits per heavy atom. The van der Waals surface area contributed by atoms with Crippen molar-refractivity contribution in [2.45, 2.75) is 25.2 Å². The van der Waals surface area contributed by atoms with E-state index in [9.17, 15) is 0 Å². The van der Waals surface area contributed by atoms with Crippen LogP contribution in [0, 0.1) is 0 Å². The van der Waals surface area contributed by atoms with E-state index in [4.69, 9.17) is 11.6 Å². The number of halogens is 2. The quantitative estimate of drug-likeness (QED) is 0.305. The molecule has 0 saturated carbocycles. The maximum atomic E-state index is 7.20. The summed E-state index contributed by atoms with van der Waals surface area (Å²) in [5.41, 5.74) is 5.04. The van der Waals surface area contributed by atoms with E-state index >= 15 is 0 Å². The van der Waals surface area contributed by atoms with Crippen LogP contribution in [0.3, 0.4) is 0 Å². The van der Waals surface area contributed by atoms with Crippen molar-refractivity contribution < 1.29 is 17.0 Å². The summed E-state index contributed by atoms with van der Waals surface area (Å²) in [6.45, 7) is 1.52. The van der Waals surface area contributed by atoms with Gasteiger partial charge >= 0.3 is 5.29 Å². The fourth-order valence-electron chi connectivity index (χ4n) is 4.65. The van der Waals surface area contributed by atoms with Crippen molar-refractivity contribution in [3.63, 3.8) is 0 Å². The van der Waals surface area contributed by atoms with E-state index in [1.807, 2.05) is 0 Å². The fraction of sp³-hybridized carbons (Fsp3) is 0.138. The highest BCUT2D eigenvalue weighted by Gasteiger charge is 2.48. The first kappa shape index (κ1) is 23.1. The average Bonchev–Trinajstić information content (AvgIpc) is 3.12. The highest BCUT2D eigenvalue weighted by atomic mass is 35.5. The molecule has 4 aromatic carbocycles. The maximum Gasteiger partial charge on any atom is 0.346 e. The SMILES string of the molecule is ClC1=[N+](Cc2ccccc2)[C@@H](c2ccccc2)[C@H](c2ccccc2)N1Cc1ccccc1.[Cl-]. The number of amidine groups is 1. The van der Waals surface area contributed by atoms with Crippen LogP contribution in [0.1, 0.15) is 34.3 Å². The van der Waals surface area contributed by atoms with E-state index in [1.54, 1.807) is 0 Å². The second kappa shape index (κ2) is 10.7. The molecule has 0 amide bonds. The molecule has 0 spiro atoms. The van der Waals surface area contributed by atoms with Gasteiger partial charge in [-0.15, -0.1) is 0 Å². The van der Waals surface area contributed by atoms with Gasteiger partial charge in [0.1, 0.15) is 13.1 Å². The molecule has 0 unspecified atom stereocenters. The molecule has 1 aliphatic heterocycles. The monoisotopic (exact) mass is 472 g/mol. The largest absolute Gasteiger partial charge is 1.00 e. The molecule has 166 valence electrons. The van der Waals surface area contributed by atoms with Gasteiger partial charge < -0.3 is 12.4 Å². The molecule has 1 aliphatic rings. The van der Waals surface area contributed by atoms with Crippen LogP contribution in [-0.2, 0) is 13.1 Å². The smallest absolute Gasteiger partial charge is 0.346 e. The maximum absolute atomic E-state index is 7.20. The molecule has 0 bridgehead atoms. The third-order valence-corrected chi connectivity index (χ3v) is 6.55. The van der Waals surface area contributed by atoms with Gasteiger partial charge in [-0.05, 0) is 11.1 Å². The molecule has 0 aromatic heterocycles. The molecule has 33 heavy (non-hydrogen) atoms. The van der Waals surface area contributed by atoms with Crippen LogP contribution in [0.5, 0.6) is 0 Å². The summed E-state index contributed by atoms with van der Waals surface area (Å²) in [6, 6.07) is 42.9. The Hall–Kier alpha value is -3.07. The molecule has 5 rings (SSSR count). The lowest BCUT2D eigenvalue weighted by Crippen LogP contribution is -3.00. The lowest BCUT2D eigenvalue weighted by atomic mass is 9.92. The van der Waals surface area contributed by atoms with Gasteiger partial charge in [-0.3, -0.25) is 0 Å². The van der Waals surface area contributed by atoms with Crippen LogP contribution in [0.2, 0.25) is 0 Å². The first-order valence-electron chi connectivity index (χ1n) is 11.0. The molecule has 4 heteroatoms. The van der Waals surface area contributed by atoms with Crippen molar-refractivity contribution in [2.75, 3.05) is 0 Å². The molecule has 0 saturated heterocycles. The summed E-state index contributed by atoms with van der Waals surface area (Å²) in [6.07, 6.45) is 0. The molecule has 0 N–H and O–H groups in total. The first-order valence-corrected chi connectivity index (χ1v) is 11.4. The van der Waals surface area contributed by atoms with Crippen molar-refractivity contribution in [3.05, 3.63) is 144 Å². The third-order valence-electron chi connectivity index (χ3n) is 6.12. The van der Waals surface area contributed by atoms with Crippen molar-refractivity contribution in [2.24, 2.45) is 0 Å². The van der Waals surface area contributed by atoms with Crippen molar-refractivity contribution in [1.82, 2.24) is 4.90 Å². The molecule has 0 fully saturated rings. The summed E-state index contributed by atoms with van der Waals surface area (Å²) in [5.74, 6) is 0. The highest BCUT2D eigenvalue weighted by Crippen LogP contribution is 2.43. The molecule has 4 aromatic rings. The average molecular weight is 473 g/mol. The Balaban J connectivity index is 0.00000259. The fourth-order valence-corrected chi connectivity index (χ4v) is 4.98. The Bertz CT molecular complexity index is 1180. The van der Waals surface area contributed by atoms with E-state index < -0.39 is 0 Å². The molecule has 2 nitrogen and oxygen atoms in total. The summed E-state index contributed by atoms with van der Waals surface area (Å²) >= 11 is 7.20. The first-order chi connectivity index (χ1) is 15.8. The normalized spacial score (nSPS) is 17.7. The Morgan fingerprint density at radius 1 is 0.606 bits per heavy atom. The Morgan fingerprint density at radius 2 is 1.06 bits per heavy atom. The topological polar surface area (TPSA) is 6.25 Å². The van der Waals surface area contributed by atoms with Crippen LogP contribution >= 0.6 is 11.6 Å². The number of benzene rings is 4. The van der Waals surface area contributed by atoms with Gasteiger partial charge in [0.05, 0.1) is 0 Å². The predicted octanol–water partition coefficient (Wildman–Crippen LogP) is 3.80. The standard InChI is InChI=1S/C29H26ClN2.ClH/c30-29-31(21-23-13-5-1-6-14-23)27(25-17-9-3-10-18-25)28(26-19-11-4-12-20-26)32(29)22-24-15-7-2-8-16-24;/h1-20,27-28H,21-22H2;1H/q+1;/p-1/t27-,28-;/m0./s1. The number of nitrogens with zero attached hydrogens (tertiary/aromatic N) is 2. The minimum Gasteiger partial charge on any atom is -1.00 e. The second-order valence-corrected chi connectivity index (χ2v) is 8.55.